The molecule has 0 bridgehead atoms. The molecule has 0 amide bonds. The van der Waals surface area contributed by atoms with Gasteiger partial charge in [0, 0.05) is 6.61 Å². The molecule has 1 atom stereocenters. The fourth-order valence-corrected chi connectivity index (χ4v) is 1.82. The Balaban J connectivity index is 1.79. The Morgan fingerprint density at radius 2 is 2.06 bits per heavy atom. The summed E-state index contributed by atoms with van der Waals surface area (Å²) in [7, 11) is 0. The van der Waals surface area contributed by atoms with E-state index in [4.69, 9.17) is 14.6 Å². The van der Waals surface area contributed by atoms with Crippen molar-refractivity contribution in [1.29, 1.82) is 0 Å². The Morgan fingerprint density at radius 3 is 2.69 bits per heavy atom. The van der Waals surface area contributed by atoms with Crippen molar-refractivity contribution in [3.8, 4) is 5.75 Å². The van der Waals surface area contributed by atoms with E-state index >= 15 is 0 Å². The van der Waals surface area contributed by atoms with Crippen LogP contribution in [0.2, 0.25) is 0 Å². The molecule has 0 radical (unpaired) electrons. The lowest BCUT2D eigenvalue weighted by molar-refractivity contribution is -0.0110. The predicted molar refractivity (Wildman–Crippen MR) is 61.5 cm³/mol. The molecule has 1 aliphatic rings. The number of ether oxygens (including phenoxy) is 2. The second-order valence-electron chi connectivity index (χ2n) is 4.10. The highest BCUT2D eigenvalue weighted by Gasteiger charge is 2.14. The van der Waals surface area contributed by atoms with Gasteiger partial charge in [0.25, 0.3) is 0 Å². The van der Waals surface area contributed by atoms with Crippen molar-refractivity contribution < 1.29 is 14.6 Å². The van der Waals surface area contributed by atoms with Crippen LogP contribution in [0, 0.1) is 0 Å². The molecule has 2 rings (SSSR count). The molecule has 1 heterocycles. The Bertz CT molecular complexity index is 301. The van der Waals surface area contributed by atoms with Crippen molar-refractivity contribution in [2.45, 2.75) is 32.0 Å². The molecule has 1 aromatic carbocycles. The molecule has 3 nitrogen and oxygen atoms in total. The van der Waals surface area contributed by atoms with Gasteiger partial charge in [-0.3, -0.25) is 0 Å². The monoisotopic (exact) mass is 222 g/mol. The Kier molecular flexibility index (Phi) is 4.19. The average Bonchev–Trinajstić information content (AvgIpc) is 2.38. The normalized spacial score (nSPS) is 20.7. The number of aliphatic hydroxyl groups is 1. The Hall–Kier alpha value is -1.06. The highest BCUT2D eigenvalue weighted by Crippen LogP contribution is 2.16. The van der Waals surface area contributed by atoms with Gasteiger partial charge >= 0.3 is 0 Å². The van der Waals surface area contributed by atoms with Crippen LogP contribution in [-0.2, 0) is 11.3 Å². The molecule has 3 heteroatoms. The fourth-order valence-electron chi connectivity index (χ4n) is 1.82. The Labute approximate surface area is 96.0 Å². The molecule has 0 aliphatic carbocycles. The largest absolute Gasteiger partial charge is 0.491 e. The molecule has 1 unspecified atom stereocenters. The van der Waals surface area contributed by atoms with Gasteiger partial charge in [0.2, 0.25) is 0 Å². The van der Waals surface area contributed by atoms with Crippen LogP contribution in [-0.4, -0.2) is 24.4 Å². The first-order chi connectivity index (χ1) is 7.88. The average molecular weight is 222 g/mol. The SMILES string of the molecule is OCc1ccc(OCC2CCCCO2)cc1. The molecule has 0 aromatic heterocycles. The van der Waals surface area contributed by atoms with Crippen LogP contribution in [0.3, 0.4) is 0 Å². The van der Waals surface area contributed by atoms with Crippen molar-refractivity contribution in [1.82, 2.24) is 0 Å². The third-order valence-electron chi connectivity index (χ3n) is 2.82. The zero-order chi connectivity index (χ0) is 11.2. The van der Waals surface area contributed by atoms with Gasteiger partial charge in [-0.1, -0.05) is 12.1 Å². The summed E-state index contributed by atoms with van der Waals surface area (Å²) < 4.78 is 11.2. The number of hydrogen-bond acceptors (Lipinski definition) is 3. The molecule has 1 aromatic rings. The lowest BCUT2D eigenvalue weighted by atomic mass is 10.1. The van der Waals surface area contributed by atoms with E-state index in [1.165, 1.54) is 12.8 Å². The smallest absolute Gasteiger partial charge is 0.119 e. The molecular weight excluding hydrogens is 204 g/mol. The number of benzene rings is 1. The maximum absolute atomic E-state index is 8.90. The van der Waals surface area contributed by atoms with Gasteiger partial charge < -0.3 is 14.6 Å². The minimum Gasteiger partial charge on any atom is -0.491 e. The lowest BCUT2D eigenvalue weighted by Gasteiger charge is -2.22. The van der Waals surface area contributed by atoms with E-state index in [2.05, 4.69) is 0 Å². The third-order valence-corrected chi connectivity index (χ3v) is 2.82. The summed E-state index contributed by atoms with van der Waals surface area (Å²) in [6.07, 6.45) is 3.74. The standard InChI is InChI=1S/C13H18O3/c14-9-11-4-6-12(7-5-11)16-10-13-3-1-2-8-15-13/h4-7,13-14H,1-3,8-10H2. The predicted octanol–water partition coefficient (Wildman–Crippen LogP) is 2.13. The first-order valence-electron chi connectivity index (χ1n) is 5.82. The van der Waals surface area contributed by atoms with Crippen molar-refractivity contribution in [3.63, 3.8) is 0 Å². The number of hydrogen-bond donors (Lipinski definition) is 1. The van der Waals surface area contributed by atoms with Crippen LogP contribution >= 0.6 is 0 Å². The minimum atomic E-state index is 0.0754. The zero-order valence-corrected chi connectivity index (χ0v) is 9.39. The fraction of sp³-hybridized carbons (Fsp3) is 0.538. The van der Waals surface area contributed by atoms with Gasteiger partial charge in [0.1, 0.15) is 12.4 Å². The maximum Gasteiger partial charge on any atom is 0.119 e. The van der Waals surface area contributed by atoms with E-state index in [9.17, 15) is 0 Å². The van der Waals surface area contributed by atoms with E-state index in [1.807, 2.05) is 24.3 Å². The van der Waals surface area contributed by atoms with Gasteiger partial charge in [-0.25, -0.2) is 0 Å². The molecule has 16 heavy (non-hydrogen) atoms. The highest BCUT2D eigenvalue weighted by atomic mass is 16.5. The van der Waals surface area contributed by atoms with Crippen molar-refractivity contribution in [3.05, 3.63) is 29.8 Å². The first kappa shape index (κ1) is 11.4. The van der Waals surface area contributed by atoms with E-state index < -0.39 is 0 Å². The molecule has 1 N–H and O–H groups in total. The van der Waals surface area contributed by atoms with Crippen LogP contribution in [0.4, 0.5) is 0 Å². The summed E-state index contributed by atoms with van der Waals surface area (Å²) in [6.45, 7) is 1.56. The van der Waals surface area contributed by atoms with Gasteiger partial charge in [0.15, 0.2) is 0 Å². The zero-order valence-electron chi connectivity index (χ0n) is 9.39. The number of rotatable bonds is 4. The first-order valence-corrected chi connectivity index (χ1v) is 5.82. The van der Waals surface area contributed by atoms with Crippen LogP contribution in [0.15, 0.2) is 24.3 Å². The summed E-state index contributed by atoms with van der Waals surface area (Å²) in [5.41, 5.74) is 0.904. The summed E-state index contributed by atoms with van der Waals surface area (Å²) in [6, 6.07) is 7.51. The quantitative estimate of drug-likeness (QED) is 0.848. The van der Waals surface area contributed by atoms with Crippen molar-refractivity contribution in [2.24, 2.45) is 0 Å². The summed E-state index contributed by atoms with van der Waals surface area (Å²) in [5, 5.41) is 8.90. The molecular formula is C13H18O3. The van der Waals surface area contributed by atoms with Gasteiger partial charge in [-0.2, -0.15) is 0 Å². The molecule has 1 saturated heterocycles. The highest BCUT2D eigenvalue weighted by molar-refractivity contribution is 5.26. The molecule has 0 saturated carbocycles. The molecule has 1 fully saturated rings. The molecule has 88 valence electrons. The topological polar surface area (TPSA) is 38.7 Å². The Morgan fingerprint density at radius 1 is 1.25 bits per heavy atom. The van der Waals surface area contributed by atoms with Gasteiger partial charge in [-0.05, 0) is 37.0 Å². The van der Waals surface area contributed by atoms with E-state index in [0.29, 0.717) is 6.61 Å². The van der Waals surface area contributed by atoms with Gasteiger partial charge in [-0.15, -0.1) is 0 Å². The maximum atomic E-state index is 8.90. The molecule has 1 aliphatic heterocycles. The molecule has 0 spiro atoms. The van der Waals surface area contributed by atoms with Crippen LogP contribution in [0.25, 0.3) is 0 Å². The summed E-state index contributed by atoms with van der Waals surface area (Å²) >= 11 is 0. The van der Waals surface area contributed by atoms with Crippen molar-refractivity contribution in [2.75, 3.05) is 13.2 Å². The second kappa shape index (κ2) is 5.87. The third kappa shape index (κ3) is 3.22. The summed E-state index contributed by atoms with van der Waals surface area (Å²) in [4.78, 5) is 0. The lowest BCUT2D eigenvalue weighted by Crippen LogP contribution is -2.25. The minimum absolute atomic E-state index is 0.0754. The van der Waals surface area contributed by atoms with E-state index in [0.717, 1.165) is 24.3 Å². The van der Waals surface area contributed by atoms with Crippen LogP contribution in [0.5, 0.6) is 5.75 Å². The van der Waals surface area contributed by atoms with E-state index in [-0.39, 0.29) is 12.7 Å². The summed E-state index contributed by atoms with van der Waals surface area (Å²) in [5.74, 6) is 0.839. The van der Waals surface area contributed by atoms with Crippen LogP contribution in [0.1, 0.15) is 24.8 Å². The number of aliphatic hydroxyl groups excluding tert-OH is 1. The van der Waals surface area contributed by atoms with Crippen molar-refractivity contribution >= 4 is 0 Å². The second-order valence-corrected chi connectivity index (χ2v) is 4.10. The van der Waals surface area contributed by atoms with Gasteiger partial charge in [0.05, 0.1) is 12.7 Å². The van der Waals surface area contributed by atoms with E-state index in [1.54, 1.807) is 0 Å². The van der Waals surface area contributed by atoms with Crippen LogP contribution < -0.4 is 4.74 Å².